The molecule has 28 heavy (non-hydrogen) atoms. The first-order valence-electron chi connectivity index (χ1n) is 11.2. The lowest BCUT2D eigenvalue weighted by Gasteiger charge is -2.49. The Bertz CT molecular complexity index is 597. The molecule has 1 saturated carbocycles. The number of nitrogens with zero attached hydrogens (tertiary/aromatic N) is 3. The third-order valence-electron chi connectivity index (χ3n) is 7.67. The van der Waals surface area contributed by atoms with Gasteiger partial charge in [-0.2, -0.15) is 0 Å². The SMILES string of the molecule is CCOC(=O)N1C2COCC1CC(N1C[C@@H]3C(C(=O)N4CCCCC4)[C@@H]3C1)C2. The largest absolute Gasteiger partial charge is 0.450 e. The summed E-state index contributed by atoms with van der Waals surface area (Å²) in [6, 6.07) is 0.752. The highest BCUT2D eigenvalue weighted by molar-refractivity contribution is 5.82. The van der Waals surface area contributed by atoms with Crippen LogP contribution in [0.15, 0.2) is 0 Å². The highest BCUT2D eigenvalue weighted by Crippen LogP contribution is 2.54. The van der Waals surface area contributed by atoms with E-state index in [1.54, 1.807) is 0 Å². The predicted octanol–water partition coefficient (Wildman–Crippen LogP) is 1.57. The average Bonchev–Trinajstić information content (AvgIpc) is 3.20. The van der Waals surface area contributed by atoms with Crippen LogP contribution in [0.2, 0.25) is 0 Å². The molecule has 156 valence electrons. The molecule has 4 saturated heterocycles. The van der Waals surface area contributed by atoms with E-state index in [4.69, 9.17) is 9.47 Å². The fourth-order valence-electron chi connectivity index (χ4n) is 6.23. The lowest BCUT2D eigenvalue weighted by molar-refractivity contribution is -0.134. The molecule has 4 aliphatic heterocycles. The molecule has 5 atom stereocenters. The number of rotatable bonds is 3. The molecule has 0 aromatic heterocycles. The number of amides is 2. The summed E-state index contributed by atoms with van der Waals surface area (Å²) in [5.74, 6) is 1.84. The Morgan fingerprint density at radius 2 is 1.61 bits per heavy atom. The molecule has 1 aliphatic carbocycles. The van der Waals surface area contributed by atoms with Gasteiger partial charge in [-0.3, -0.25) is 14.6 Å². The zero-order chi connectivity index (χ0) is 19.3. The first-order chi connectivity index (χ1) is 13.7. The van der Waals surface area contributed by atoms with Gasteiger partial charge in [0.2, 0.25) is 5.91 Å². The lowest BCUT2D eigenvalue weighted by Crippen LogP contribution is -2.62. The summed E-state index contributed by atoms with van der Waals surface area (Å²) in [7, 11) is 0. The first-order valence-corrected chi connectivity index (χ1v) is 11.2. The molecule has 0 aromatic carbocycles. The Kier molecular flexibility index (Phi) is 4.99. The lowest BCUT2D eigenvalue weighted by atomic mass is 9.89. The van der Waals surface area contributed by atoms with Crippen molar-refractivity contribution < 1.29 is 19.1 Å². The van der Waals surface area contributed by atoms with Crippen LogP contribution in [0.4, 0.5) is 4.79 Å². The Morgan fingerprint density at radius 1 is 0.964 bits per heavy atom. The number of carbonyl (C=O) groups is 2. The van der Waals surface area contributed by atoms with Gasteiger partial charge in [-0.15, -0.1) is 0 Å². The van der Waals surface area contributed by atoms with Gasteiger partial charge in [0.25, 0.3) is 0 Å². The zero-order valence-corrected chi connectivity index (χ0v) is 16.9. The molecule has 0 spiro atoms. The van der Waals surface area contributed by atoms with Crippen molar-refractivity contribution in [3.8, 4) is 0 Å². The smallest absolute Gasteiger partial charge is 0.410 e. The monoisotopic (exact) mass is 391 g/mol. The van der Waals surface area contributed by atoms with Crippen LogP contribution >= 0.6 is 0 Å². The molecular formula is C21H33N3O4. The summed E-state index contributed by atoms with van der Waals surface area (Å²) in [5, 5.41) is 0. The number of piperidine rings is 3. The Hall–Kier alpha value is -1.34. The maximum atomic E-state index is 12.8. The van der Waals surface area contributed by atoms with E-state index < -0.39 is 0 Å². The van der Waals surface area contributed by atoms with E-state index >= 15 is 0 Å². The highest BCUT2D eigenvalue weighted by atomic mass is 16.6. The number of morpholine rings is 1. The molecule has 3 unspecified atom stereocenters. The van der Waals surface area contributed by atoms with Gasteiger partial charge >= 0.3 is 6.09 Å². The Balaban J connectivity index is 1.17. The second-order valence-electron chi connectivity index (χ2n) is 9.27. The molecule has 7 nitrogen and oxygen atoms in total. The van der Waals surface area contributed by atoms with E-state index in [0.717, 1.165) is 39.0 Å². The van der Waals surface area contributed by atoms with Crippen molar-refractivity contribution in [3.63, 3.8) is 0 Å². The molecule has 5 aliphatic rings. The van der Waals surface area contributed by atoms with Crippen LogP contribution in [0.25, 0.3) is 0 Å². The second kappa shape index (κ2) is 7.48. The third-order valence-corrected chi connectivity index (χ3v) is 7.67. The standard InChI is InChI=1S/C21H33N3O4/c1-2-28-21(26)24-15-8-14(9-16(24)13-27-12-15)23-10-17-18(11-23)19(17)20(25)22-6-4-3-5-7-22/h14-19H,2-13H2,1H3/t14?,15?,16?,17-,18+,19?. The van der Waals surface area contributed by atoms with Gasteiger partial charge in [-0.05, 0) is 50.9 Å². The van der Waals surface area contributed by atoms with Crippen LogP contribution in [0.5, 0.6) is 0 Å². The van der Waals surface area contributed by atoms with Gasteiger partial charge < -0.3 is 14.4 Å². The van der Waals surface area contributed by atoms with Crippen molar-refractivity contribution in [1.82, 2.24) is 14.7 Å². The summed E-state index contributed by atoms with van der Waals surface area (Å²) in [4.78, 5) is 31.8. The zero-order valence-electron chi connectivity index (χ0n) is 16.9. The first kappa shape index (κ1) is 18.7. The van der Waals surface area contributed by atoms with Crippen LogP contribution in [0.1, 0.15) is 39.0 Å². The predicted molar refractivity (Wildman–Crippen MR) is 103 cm³/mol. The Morgan fingerprint density at radius 3 is 2.21 bits per heavy atom. The molecule has 0 aromatic rings. The number of likely N-dealkylation sites (tertiary alicyclic amines) is 2. The fourth-order valence-corrected chi connectivity index (χ4v) is 6.23. The maximum absolute atomic E-state index is 12.8. The summed E-state index contributed by atoms with van der Waals surface area (Å²) in [5.41, 5.74) is 0. The molecule has 4 heterocycles. The van der Waals surface area contributed by atoms with Crippen LogP contribution in [0, 0.1) is 17.8 Å². The van der Waals surface area contributed by atoms with Crippen LogP contribution < -0.4 is 0 Å². The Labute approximate surface area is 167 Å². The molecule has 2 bridgehead atoms. The number of hydrogen-bond acceptors (Lipinski definition) is 5. The number of ether oxygens (including phenoxy) is 2. The fraction of sp³-hybridized carbons (Fsp3) is 0.905. The second-order valence-corrected chi connectivity index (χ2v) is 9.27. The number of carbonyl (C=O) groups excluding carboxylic acids is 2. The van der Waals surface area contributed by atoms with E-state index in [9.17, 15) is 9.59 Å². The molecule has 2 amide bonds. The van der Waals surface area contributed by atoms with Gasteiger partial charge in [0.05, 0.1) is 31.9 Å². The van der Waals surface area contributed by atoms with E-state index in [2.05, 4.69) is 9.80 Å². The normalized spacial score (nSPS) is 40.2. The van der Waals surface area contributed by atoms with E-state index in [-0.39, 0.29) is 24.1 Å². The number of hydrogen-bond donors (Lipinski definition) is 0. The van der Waals surface area contributed by atoms with Crippen LogP contribution in [-0.2, 0) is 14.3 Å². The van der Waals surface area contributed by atoms with Crippen LogP contribution in [-0.4, -0.2) is 90.8 Å². The number of fused-ring (bicyclic) bond motifs is 3. The minimum Gasteiger partial charge on any atom is -0.450 e. The summed E-state index contributed by atoms with van der Waals surface area (Å²) < 4.78 is 11.0. The van der Waals surface area contributed by atoms with E-state index in [1.807, 2.05) is 11.8 Å². The molecule has 5 rings (SSSR count). The maximum Gasteiger partial charge on any atom is 0.410 e. The molecule has 5 fully saturated rings. The molecule has 0 N–H and O–H groups in total. The van der Waals surface area contributed by atoms with Crippen molar-refractivity contribution in [1.29, 1.82) is 0 Å². The van der Waals surface area contributed by atoms with Crippen molar-refractivity contribution >= 4 is 12.0 Å². The minimum absolute atomic E-state index is 0.124. The van der Waals surface area contributed by atoms with Crippen molar-refractivity contribution in [2.75, 3.05) is 46.0 Å². The topological polar surface area (TPSA) is 62.3 Å². The van der Waals surface area contributed by atoms with Crippen molar-refractivity contribution in [3.05, 3.63) is 0 Å². The highest BCUT2D eigenvalue weighted by Gasteiger charge is 2.61. The molecule has 7 heteroatoms. The van der Waals surface area contributed by atoms with Gasteiger partial charge in [-0.25, -0.2) is 4.79 Å². The van der Waals surface area contributed by atoms with Gasteiger partial charge in [0, 0.05) is 38.1 Å². The van der Waals surface area contributed by atoms with E-state index in [0.29, 0.717) is 43.6 Å². The van der Waals surface area contributed by atoms with Crippen molar-refractivity contribution in [2.24, 2.45) is 17.8 Å². The molecular weight excluding hydrogens is 358 g/mol. The average molecular weight is 392 g/mol. The summed E-state index contributed by atoms with van der Waals surface area (Å²) >= 11 is 0. The van der Waals surface area contributed by atoms with E-state index in [1.165, 1.54) is 19.3 Å². The van der Waals surface area contributed by atoms with Crippen molar-refractivity contribution in [2.45, 2.75) is 57.2 Å². The summed E-state index contributed by atoms with van der Waals surface area (Å²) in [6.07, 6.45) is 5.34. The third kappa shape index (κ3) is 3.20. The van der Waals surface area contributed by atoms with Crippen LogP contribution in [0.3, 0.4) is 0 Å². The summed E-state index contributed by atoms with van der Waals surface area (Å²) in [6.45, 7) is 7.54. The quantitative estimate of drug-likeness (QED) is 0.731. The van der Waals surface area contributed by atoms with Gasteiger partial charge in [-0.1, -0.05) is 0 Å². The minimum atomic E-state index is -0.185. The van der Waals surface area contributed by atoms with Gasteiger partial charge in [0.15, 0.2) is 0 Å². The molecule has 0 radical (unpaired) electrons. The van der Waals surface area contributed by atoms with Gasteiger partial charge in [0.1, 0.15) is 0 Å².